The average molecular weight is 415 g/mol. The van der Waals surface area contributed by atoms with E-state index < -0.39 is 0 Å². The van der Waals surface area contributed by atoms with Crippen LogP contribution in [0.3, 0.4) is 0 Å². The Kier molecular flexibility index (Phi) is 5.55. The number of hydrogen-bond acceptors (Lipinski definition) is 6. The lowest BCUT2D eigenvalue weighted by atomic mass is 10.1. The van der Waals surface area contributed by atoms with E-state index in [2.05, 4.69) is 4.98 Å². The van der Waals surface area contributed by atoms with Crippen molar-refractivity contribution in [2.24, 2.45) is 0 Å². The van der Waals surface area contributed by atoms with Crippen molar-refractivity contribution in [1.29, 1.82) is 0 Å². The summed E-state index contributed by atoms with van der Waals surface area (Å²) >= 11 is 2.98. The van der Waals surface area contributed by atoms with Crippen LogP contribution < -0.4 is 5.43 Å². The molecule has 7 heteroatoms. The Bertz CT molecular complexity index is 1080. The molecule has 0 radical (unpaired) electrons. The molecule has 2 aromatic heterocycles. The molecule has 0 aliphatic heterocycles. The van der Waals surface area contributed by atoms with Gasteiger partial charge < -0.3 is 4.74 Å². The number of aromatic nitrogens is 2. The molecular weight excluding hydrogens is 392 g/mol. The van der Waals surface area contributed by atoms with Gasteiger partial charge in [0.05, 0.1) is 12.9 Å². The van der Waals surface area contributed by atoms with Crippen molar-refractivity contribution in [3.63, 3.8) is 0 Å². The van der Waals surface area contributed by atoms with E-state index in [4.69, 9.17) is 4.74 Å². The molecule has 0 unspecified atom stereocenters. The van der Waals surface area contributed by atoms with E-state index in [1.807, 2.05) is 35.8 Å². The number of esters is 1. The number of carbonyl (C=O) groups excluding carboxylic acids is 1. The third kappa shape index (κ3) is 3.61. The number of thioether (sulfide) groups is 1. The number of nitrogens with zero attached hydrogens (tertiary/aromatic N) is 2. The molecule has 4 rings (SSSR count). The summed E-state index contributed by atoms with van der Waals surface area (Å²) in [7, 11) is 1.38. The molecule has 0 amide bonds. The van der Waals surface area contributed by atoms with Gasteiger partial charge in [0.25, 0.3) is 0 Å². The summed E-state index contributed by atoms with van der Waals surface area (Å²) in [6.07, 6.45) is 5.13. The zero-order chi connectivity index (χ0) is 19.7. The SMILES string of the molecule is COC(=O)CSc1nc2c(=O)c3c(sc2n1-c1ccc(C)cc1)CCCCC3. The molecule has 0 fully saturated rings. The lowest BCUT2D eigenvalue weighted by Gasteiger charge is -2.10. The van der Waals surface area contributed by atoms with Gasteiger partial charge in [-0.05, 0) is 44.7 Å². The smallest absolute Gasteiger partial charge is 0.316 e. The Hall–Kier alpha value is -2.12. The summed E-state index contributed by atoms with van der Waals surface area (Å²) in [5, 5.41) is 0.651. The van der Waals surface area contributed by atoms with Gasteiger partial charge in [-0.2, -0.15) is 0 Å². The molecule has 1 aliphatic carbocycles. The van der Waals surface area contributed by atoms with Gasteiger partial charge in [0.15, 0.2) is 5.16 Å². The first-order valence-corrected chi connectivity index (χ1v) is 11.2. The van der Waals surface area contributed by atoms with Crippen molar-refractivity contribution in [2.75, 3.05) is 12.9 Å². The van der Waals surface area contributed by atoms with E-state index in [-0.39, 0.29) is 17.2 Å². The minimum Gasteiger partial charge on any atom is -0.468 e. The van der Waals surface area contributed by atoms with Gasteiger partial charge in [0.1, 0.15) is 10.3 Å². The first-order chi connectivity index (χ1) is 13.6. The third-order valence-electron chi connectivity index (χ3n) is 5.02. The topological polar surface area (TPSA) is 61.2 Å². The summed E-state index contributed by atoms with van der Waals surface area (Å²) in [6.45, 7) is 2.04. The second kappa shape index (κ2) is 8.09. The monoisotopic (exact) mass is 414 g/mol. The normalized spacial score (nSPS) is 13.9. The molecule has 0 saturated carbocycles. The second-order valence-electron chi connectivity index (χ2n) is 6.98. The molecule has 0 bridgehead atoms. The standard InChI is InChI=1S/C21H22N2O3S2/c1-13-8-10-14(11-9-13)23-20-18(22-21(23)27-12-17(24)26-2)19(25)15-6-4-3-5-7-16(15)28-20/h8-11H,3-7,12H2,1-2H3. The minimum atomic E-state index is -0.311. The maximum atomic E-state index is 13.2. The van der Waals surface area contributed by atoms with Crippen LogP contribution in [0, 0.1) is 6.92 Å². The zero-order valence-corrected chi connectivity index (χ0v) is 17.6. The van der Waals surface area contributed by atoms with Crippen LogP contribution in [-0.2, 0) is 22.4 Å². The molecular formula is C21H22N2O3S2. The molecule has 3 aromatic rings. The highest BCUT2D eigenvalue weighted by molar-refractivity contribution is 7.99. The highest BCUT2D eigenvalue weighted by atomic mass is 32.2. The van der Waals surface area contributed by atoms with Crippen molar-refractivity contribution in [3.05, 3.63) is 50.5 Å². The van der Waals surface area contributed by atoms with E-state index in [1.165, 1.54) is 29.3 Å². The Balaban J connectivity index is 1.92. The molecule has 2 heterocycles. The number of rotatable bonds is 4. The molecule has 1 aromatic carbocycles. The molecule has 0 saturated heterocycles. The largest absolute Gasteiger partial charge is 0.468 e. The Labute approximate surface area is 171 Å². The quantitative estimate of drug-likeness (QED) is 0.362. The highest BCUT2D eigenvalue weighted by Crippen LogP contribution is 2.33. The molecule has 0 spiro atoms. The van der Waals surface area contributed by atoms with Crippen LogP contribution in [0.4, 0.5) is 0 Å². The van der Waals surface area contributed by atoms with Crippen LogP contribution in [-0.4, -0.2) is 28.4 Å². The number of ether oxygens (including phenoxy) is 1. The van der Waals surface area contributed by atoms with Gasteiger partial charge >= 0.3 is 5.97 Å². The van der Waals surface area contributed by atoms with Crippen LogP contribution in [0.2, 0.25) is 0 Å². The van der Waals surface area contributed by atoms with Crippen LogP contribution in [0.15, 0.2) is 34.2 Å². The number of aryl methyl sites for hydroxylation is 2. The highest BCUT2D eigenvalue weighted by Gasteiger charge is 2.22. The first-order valence-electron chi connectivity index (χ1n) is 9.42. The summed E-state index contributed by atoms with van der Waals surface area (Å²) in [4.78, 5) is 31.6. The molecule has 0 N–H and O–H groups in total. The zero-order valence-electron chi connectivity index (χ0n) is 16.0. The number of carbonyl (C=O) groups is 1. The number of benzene rings is 1. The van der Waals surface area contributed by atoms with E-state index in [0.717, 1.165) is 48.2 Å². The van der Waals surface area contributed by atoms with Crippen molar-refractivity contribution in [2.45, 2.75) is 44.2 Å². The number of methoxy groups -OCH3 is 1. The van der Waals surface area contributed by atoms with Crippen molar-refractivity contribution >= 4 is 39.4 Å². The molecule has 1 aliphatic rings. The fourth-order valence-electron chi connectivity index (χ4n) is 3.50. The Morgan fingerprint density at radius 2 is 1.96 bits per heavy atom. The van der Waals surface area contributed by atoms with Crippen LogP contribution in [0.1, 0.15) is 35.3 Å². The number of imidazole rings is 1. The Morgan fingerprint density at radius 1 is 1.21 bits per heavy atom. The summed E-state index contributed by atoms with van der Waals surface area (Å²) in [6, 6.07) is 8.15. The van der Waals surface area contributed by atoms with E-state index in [0.29, 0.717) is 10.7 Å². The fraction of sp³-hybridized carbons (Fsp3) is 0.381. The van der Waals surface area contributed by atoms with Gasteiger partial charge in [-0.25, -0.2) is 4.98 Å². The maximum absolute atomic E-state index is 13.2. The van der Waals surface area contributed by atoms with Crippen LogP contribution in [0.25, 0.3) is 16.0 Å². The lowest BCUT2D eigenvalue weighted by Crippen LogP contribution is -2.11. The summed E-state index contributed by atoms with van der Waals surface area (Å²) in [5.41, 5.74) is 3.62. The van der Waals surface area contributed by atoms with Gasteiger partial charge in [-0.1, -0.05) is 35.9 Å². The average Bonchev–Trinajstić information content (AvgIpc) is 2.89. The Morgan fingerprint density at radius 3 is 2.71 bits per heavy atom. The minimum absolute atomic E-state index is 0.0522. The van der Waals surface area contributed by atoms with Crippen molar-refractivity contribution in [3.8, 4) is 5.69 Å². The van der Waals surface area contributed by atoms with Crippen LogP contribution >= 0.6 is 23.1 Å². The van der Waals surface area contributed by atoms with Crippen molar-refractivity contribution in [1.82, 2.24) is 9.55 Å². The van der Waals surface area contributed by atoms with Crippen LogP contribution in [0.5, 0.6) is 0 Å². The summed E-state index contributed by atoms with van der Waals surface area (Å²) in [5.74, 6) is -0.154. The van der Waals surface area contributed by atoms with Gasteiger partial charge in [-0.15, -0.1) is 11.3 Å². The third-order valence-corrected chi connectivity index (χ3v) is 7.20. The predicted molar refractivity (Wildman–Crippen MR) is 114 cm³/mol. The number of fused-ring (bicyclic) bond motifs is 2. The fourth-order valence-corrected chi connectivity index (χ4v) is 5.72. The van der Waals surface area contributed by atoms with Gasteiger partial charge in [-0.3, -0.25) is 14.2 Å². The van der Waals surface area contributed by atoms with E-state index in [9.17, 15) is 9.59 Å². The number of hydrogen-bond donors (Lipinski definition) is 0. The molecule has 146 valence electrons. The van der Waals surface area contributed by atoms with E-state index >= 15 is 0 Å². The molecule has 0 atom stereocenters. The first kappa shape index (κ1) is 19.2. The summed E-state index contributed by atoms with van der Waals surface area (Å²) < 4.78 is 6.78. The molecule has 28 heavy (non-hydrogen) atoms. The van der Waals surface area contributed by atoms with Gasteiger partial charge in [0, 0.05) is 16.1 Å². The predicted octanol–water partition coefficient (Wildman–Crippen LogP) is 4.29. The van der Waals surface area contributed by atoms with E-state index in [1.54, 1.807) is 11.3 Å². The lowest BCUT2D eigenvalue weighted by molar-refractivity contribution is -0.137. The van der Waals surface area contributed by atoms with Gasteiger partial charge in [0.2, 0.25) is 5.43 Å². The maximum Gasteiger partial charge on any atom is 0.316 e. The van der Waals surface area contributed by atoms with Crippen molar-refractivity contribution < 1.29 is 9.53 Å². The second-order valence-corrected chi connectivity index (χ2v) is 9.00. The molecule has 5 nitrogen and oxygen atoms in total.